The zero-order chi connectivity index (χ0) is 10.3. The van der Waals surface area contributed by atoms with Crippen molar-refractivity contribution in [1.82, 2.24) is 4.90 Å². The smallest absolute Gasteiger partial charge is 0.00104 e. The average Bonchev–Trinajstić information content (AvgIpc) is 2.03. The Morgan fingerprint density at radius 1 is 1.23 bits per heavy atom. The van der Waals surface area contributed by atoms with Gasteiger partial charge in [0.15, 0.2) is 0 Å². The highest BCUT2D eigenvalue weighted by Crippen LogP contribution is 2.09. The van der Waals surface area contributed by atoms with Crippen molar-refractivity contribution in [3.8, 4) is 0 Å². The van der Waals surface area contributed by atoms with Gasteiger partial charge in [-0.2, -0.15) is 0 Å². The van der Waals surface area contributed by atoms with E-state index in [2.05, 4.69) is 32.7 Å². The number of hydrogen-bond acceptors (Lipinski definition) is 2. The Labute approximate surface area is 83.5 Å². The van der Waals surface area contributed by atoms with Crippen molar-refractivity contribution in [1.29, 1.82) is 0 Å². The summed E-state index contributed by atoms with van der Waals surface area (Å²) in [5, 5.41) is 0. The first kappa shape index (κ1) is 12.9. The molecule has 0 aliphatic carbocycles. The van der Waals surface area contributed by atoms with Crippen molar-refractivity contribution in [2.24, 2.45) is 11.7 Å². The minimum Gasteiger partial charge on any atom is -0.328 e. The lowest BCUT2D eigenvalue weighted by Crippen LogP contribution is -2.24. The summed E-state index contributed by atoms with van der Waals surface area (Å²) in [6.45, 7) is 8.98. The Hall–Kier alpha value is -0.0800. The van der Waals surface area contributed by atoms with Crippen LogP contribution in [0.5, 0.6) is 0 Å². The number of nitrogens with zero attached hydrogens (tertiary/aromatic N) is 1. The van der Waals surface area contributed by atoms with E-state index < -0.39 is 0 Å². The molecular formula is C11H26N2. The first-order valence-corrected chi connectivity index (χ1v) is 5.50. The SMILES string of the molecule is CCN(C)CC(C)CCCC(C)N. The molecule has 0 radical (unpaired) electrons. The first-order valence-electron chi connectivity index (χ1n) is 5.50. The van der Waals surface area contributed by atoms with Crippen molar-refractivity contribution in [3.05, 3.63) is 0 Å². The summed E-state index contributed by atoms with van der Waals surface area (Å²) >= 11 is 0. The predicted molar refractivity (Wildman–Crippen MR) is 59.8 cm³/mol. The van der Waals surface area contributed by atoms with Crippen LogP contribution in [0.3, 0.4) is 0 Å². The zero-order valence-corrected chi connectivity index (χ0v) is 9.71. The van der Waals surface area contributed by atoms with Crippen molar-refractivity contribution in [2.45, 2.75) is 46.1 Å². The van der Waals surface area contributed by atoms with Crippen molar-refractivity contribution in [3.63, 3.8) is 0 Å². The van der Waals surface area contributed by atoms with E-state index in [0.29, 0.717) is 6.04 Å². The van der Waals surface area contributed by atoms with Crippen LogP contribution >= 0.6 is 0 Å². The quantitative estimate of drug-likeness (QED) is 0.659. The molecule has 0 aromatic rings. The molecule has 13 heavy (non-hydrogen) atoms. The van der Waals surface area contributed by atoms with Crippen LogP contribution < -0.4 is 5.73 Å². The maximum atomic E-state index is 5.70. The Morgan fingerprint density at radius 3 is 2.31 bits per heavy atom. The van der Waals surface area contributed by atoms with Gasteiger partial charge in [0, 0.05) is 12.6 Å². The van der Waals surface area contributed by atoms with Gasteiger partial charge in [0.05, 0.1) is 0 Å². The minimum absolute atomic E-state index is 0.371. The summed E-state index contributed by atoms with van der Waals surface area (Å²) in [6, 6.07) is 0.371. The summed E-state index contributed by atoms with van der Waals surface area (Å²) in [5.41, 5.74) is 5.70. The van der Waals surface area contributed by atoms with E-state index >= 15 is 0 Å². The molecule has 0 saturated heterocycles. The van der Waals surface area contributed by atoms with Crippen LogP contribution in [0.1, 0.15) is 40.0 Å². The summed E-state index contributed by atoms with van der Waals surface area (Å²) < 4.78 is 0. The second kappa shape index (κ2) is 7.34. The second-order valence-electron chi connectivity index (χ2n) is 4.37. The van der Waals surface area contributed by atoms with E-state index in [4.69, 9.17) is 5.73 Å². The maximum absolute atomic E-state index is 5.70. The Bertz CT molecular complexity index is 113. The van der Waals surface area contributed by atoms with Gasteiger partial charge in [-0.05, 0) is 39.3 Å². The monoisotopic (exact) mass is 186 g/mol. The van der Waals surface area contributed by atoms with Gasteiger partial charge in [-0.3, -0.25) is 0 Å². The Balaban J connectivity index is 3.34. The average molecular weight is 186 g/mol. The first-order chi connectivity index (χ1) is 6.06. The molecule has 0 spiro atoms. The molecule has 0 heterocycles. The summed E-state index contributed by atoms with van der Waals surface area (Å²) in [4.78, 5) is 2.37. The highest BCUT2D eigenvalue weighted by atomic mass is 15.1. The van der Waals surface area contributed by atoms with Crippen LogP contribution in [-0.2, 0) is 0 Å². The van der Waals surface area contributed by atoms with E-state index in [0.717, 1.165) is 12.5 Å². The normalized spacial score (nSPS) is 16.2. The van der Waals surface area contributed by atoms with E-state index in [9.17, 15) is 0 Å². The third-order valence-corrected chi connectivity index (χ3v) is 2.52. The molecular weight excluding hydrogens is 160 g/mol. The van der Waals surface area contributed by atoms with E-state index in [1.54, 1.807) is 0 Å². The minimum atomic E-state index is 0.371. The lowest BCUT2D eigenvalue weighted by Gasteiger charge is -2.19. The van der Waals surface area contributed by atoms with Gasteiger partial charge in [-0.15, -0.1) is 0 Å². The van der Waals surface area contributed by atoms with E-state index in [-0.39, 0.29) is 0 Å². The molecule has 0 bridgehead atoms. The molecule has 80 valence electrons. The molecule has 0 fully saturated rings. The fourth-order valence-electron chi connectivity index (χ4n) is 1.54. The summed E-state index contributed by atoms with van der Waals surface area (Å²) in [7, 11) is 2.18. The zero-order valence-electron chi connectivity index (χ0n) is 9.71. The van der Waals surface area contributed by atoms with Crippen LogP contribution in [-0.4, -0.2) is 31.1 Å². The molecule has 0 saturated carbocycles. The molecule has 0 aliphatic heterocycles. The van der Waals surface area contributed by atoms with E-state index in [1.165, 1.54) is 25.8 Å². The fourth-order valence-corrected chi connectivity index (χ4v) is 1.54. The lowest BCUT2D eigenvalue weighted by molar-refractivity contribution is 0.286. The Morgan fingerprint density at radius 2 is 1.85 bits per heavy atom. The van der Waals surface area contributed by atoms with Gasteiger partial charge in [-0.1, -0.05) is 20.3 Å². The van der Waals surface area contributed by atoms with E-state index in [1.807, 2.05) is 0 Å². The van der Waals surface area contributed by atoms with Crippen LogP contribution in [0.2, 0.25) is 0 Å². The lowest BCUT2D eigenvalue weighted by atomic mass is 10.0. The summed E-state index contributed by atoms with van der Waals surface area (Å²) in [6.07, 6.45) is 3.75. The molecule has 2 unspecified atom stereocenters. The molecule has 0 rings (SSSR count). The molecule has 0 aliphatic rings. The predicted octanol–water partition coefficient (Wildman–Crippen LogP) is 2.09. The standard InChI is InChI=1S/C11H26N2/c1-5-13(4)9-10(2)7-6-8-11(3)12/h10-11H,5-9,12H2,1-4H3. The molecule has 0 amide bonds. The van der Waals surface area contributed by atoms with Gasteiger partial charge >= 0.3 is 0 Å². The second-order valence-corrected chi connectivity index (χ2v) is 4.37. The van der Waals surface area contributed by atoms with Gasteiger partial charge in [0.2, 0.25) is 0 Å². The highest BCUT2D eigenvalue weighted by molar-refractivity contribution is 4.60. The van der Waals surface area contributed by atoms with Crippen LogP contribution in [0.15, 0.2) is 0 Å². The van der Waals surface area contributed by atoms with Crippen LogP contribution in [0, 0.1) is 5.92 Å². The highest BCUT2D eigenvalue weighted by Gasteiger charge is 2.05. The molecule has 2 N–H and O–H groups in total. The van der Waals surface area contributed by atoms with Gasteiger partial charge in [-0.25, -0.2) is 0 Å². The third-order valence-electron chi connectivity index (χ3n) is 2.52. The molecule has 2 heteroatoms. The van der Waals surface area contributed by atoms with Crippen molar-refractivity contribution < 1.29 is 0 Å². The van der Waals surface area contributed by atoms with Crippen LogP contribution in [0.25, 0.3) is 0 Å². The van der Waals surface area contributed by atoms with Gasteiger partial charge < -0.3 is 10.6 Å². The van der Waals surface area contributed by atoms with Crippen molar-refractivity contribution >= 4 is 0 Å². The van der Waals surface area contributed by atoms with Crippen LogP contribution in [0.4, 0.5) is 0 Å². The van der Waals surface area contributed by atoms with Crippen molar-refractivity contribution in [2.75, 3.05) is 20.1 Å². The maximum Gasteiger partial charge on any atom is 0.00104 e. The molecule has 0 aromatic heterocycles. The summed E-state index contributed by atoms with van der Waals surface area (Å²) in [5.74, 6) is 0.809. The third kappa shape index (κ3) is 8.26. The largest absolute Gasteiger partial charge is 0.328 e. The number of hydrogen-bond donors (Lipinski definition) is 1. The van der Waals surface area contributed by atoms with Gasteiger partial charge in [0.1, 0.15) is 0 Å². The van der Waals surface area contributed by atoms with Gasteiger partial charge in [0.25, 0.3) is 0 Å². The fraction of sp³-hybridized carbons (Fsp3) is 1.00. The molecule has 0 aromatic carbocycles. The molecule has 2 atom stereocenters. The number of nitrogens with two attached hydrogens (primary N) is 1. The topological polar surface area (TPSA) is 29.3 Å². The number of rotatable bonds is 7. The Kier molecular flexibility index (Phi) is 7.29. The molecule has 2 nitrogen and oxygen atoms in total.